The third-order valence-electron chi connectivity index (χ3n) is 1.15. The van der Waals surface area contributed by atoms with Gasteiger partial charge >= 0.3 is 62.9 Å². The first-order valence-electron chi connectivity index (χ1n) is 2.58. The molecule has 0 aromatic heterocycles. The van der Waals surface area contributed by atoms with Crippen molar-refractivity contribution in [3.05, 3.63) is 29.8 Å². The quantitative estimate of drug-likeness (QED) is 0.555. The van der Waals surface area contributed by atoms with Gasteiger partial charge in [-0.3, -0.25) is 0 Å². The Bertz CT molecular complexity index is 160. The summed E-state index contributed by atoms with van der Waals surface area (Å²) in [5.41, 5.74) is 1.41. The number of benzene rings is 1. The third-order valence-corrected chi connectivity index (χ3v) is 2.75. The van der Waals surface area contributed by atoms with E-state index in [1.165, 1.54) is 31.7 Å². The molecule has 8 heavy (non-hydrogen) atoms. The number of rotatable bonds is 0. The molecule has 0 atom stereocenters. The van der Waals surface area contributed by atoms with Crippen LogP contribution in [0.4, 0.5) is 0 Å². The Morgan fingerprint density at radius 2 is 1.88 bits per heavy atom. The van der Waals surface area contributed by atoms with Crippen LogP contribution >= 0.6 is 0 Å². The van der Waals surface area contributed by atoms with Crippen molar-refractivity contribution in [2.24, 2.45) is 0 Å². The maximum atomic E-state index is 2.16. The van der Waals surface area contributed by atoms with Crippen LogP contribution in [0.1, 0.15) is 5.56 Å². The van der Waals surface area contributed by atoms with Gasteiger partial charge in [0.25, 0.3) is 0 Å². The normalized spacial score (nSPS) is 9.25. The van der Waals surface area contributed by atoms with Gasteiger partial charge in [0.05, 0.1) is 0 Å². The van der Waals surface area contributed by atoms with Gasteiger partial charge in [-0.15, -0.1) is 0 Å². The van der Waals surface area contributed by atoms with Crippen LogP contribution in [0.25, 0.3) is 0 Å². The first-order valence-corrected chi connectivity index (χ1v) is 4.00. The van der Waals surface area contributed by atoms with Crippen molar-refractivity contribution < 1.29 is 0 Å². The van der Waals surface area contributed by atoms with Crippen molar-refractivity contribution in [1.29, 1.82) is 0 Å². The molecule has 0 aliphatic heterocycles. The number of hydrogen-bond donors (Lipinski definition) is 0. The van der Waals surface area contributed by atoms with Crippen molar-refractivity contribution >= 4 is 26.1 Å². The summed E-state index contributed by atoms with van der Waals surface area (Å²) >= 11 is 1.51. The fourth-order valence-corrected chi connectivity index (χ4v) is 1.09. The van der Waals surface area contributed by atoms with Gasteiger partial charge in [0, 0.05) is 0 Å². The first kappa shape index (κ1) is 6.14. The molecule has 1 heteroatoms. The maximum absolute atomic E-state index is 2.16. The molecule has 1 aromatic carbocycles. The summed E-state index contributed by atoms with van der Waals surface area (Å²) in [6, 6.07) is 8.46. The number of hydrogen-bond acceptors (Lipinski definition) is 0. The summed E-state index contributed by atoms with van der Waals surface area (Å²) in [5, 5.41) is 0. The SMILES string of the molecule is Cc1cccc[c]1[Sn]. The third kappa shape index (κ3) is 1.25. The van der Waals surface area contributed by atoms with Gasteiger partial charge in [-0.25, -0.2) is 0 Å². The van der Waals surface area contributed by atoms with Gasteiger partial charge in [0.2, 0.25) is 0 Å². The monoisotopic (exact) mass is 211 g/mol. The average molecular weight is 210 g/mol. The van der Waals surface area contributed by atoms with Gasteiger partial charge < -0.3 is 0 Å². The molecule has 0 aliphatic rings. The molecule has 0 nitrogen and oxygen atoms in total. The minimum atomic E-state index is 1.41. The number of aryl methyl sites for hydroxylation is 1. The van der Waals surface area contributed by atoms with Crippen molar-refractivity contribution in [3.63, 3.8) is 0 Å². The van der Waals surface area contributed by atoms with Crippen LogP contribution in [0, 0.1) is 6.92 Å². The fourth-order valence-electron chi connectivity index (χ4n) is 0.573. The van der Waals surface area contributed by atoms with E-state index >= 15 is 0 Å². The summed E-state index contributed by atoms with van der Waals surface area (Å²) in [7, 11) is 0. The molecule has 1 rings (SSSR count). The Morgan fingerprint density at radius 3 is 2.25 bits per heavy atom. The Balaban J connectivity index is 3.13. The Morgan fingerprint density at radius 1 is 1.25 bits per heavy atom. The predicted octanol–water partition coefficient (Wildman–Crippen LogP) is 0.789. The molecule has 0 bridgehead atoms. The van der Waals surface area contributed by atoms with E-state index in [-0.39, 0.29) is 0 Å². The van der Waals surface area contributed by atoms with Gasteiger partial charge in [-0.05, 0) is 0 Å². The molecule has 0 heterocycles. The van der Waals surface area contributed by atoms with E-state index in [0.29, 0.717) is 0 Å². The Hall–Kier alpha value is 0.0187. The molecule has 0 unspecified atom stereocenters. The molecule has 0 N–H and O–H groups in total. The van der Waals surface area contributed by atoms with Crippen LogP contribution in [0.2, 0.25) is 0 Å². The molecule has 0 amide bonds. The zero-order valence-corrected chi connectivity index (χ0v) is 7.66. The van der Waals surface area contributed by atoms with Crippen molar-refractivity contribution in [2.75, 3.05) is 0 Å². The summed E-state index contributed by atoms with van der Waals surface area (Å²) < 4.78 is 1.46. The summed E-state index contributed by atoms with van der Waals surface area (Å²) in [6.45, 7) is 2.14. The second-order valence-corrected chi connectivity index (χ2v) is 3.35. The second kappa shape index (κ2) is 2.53. The van der Waals surface area contributed by atoms with E-state index in [2.05, 4.69) is 31.2 Å². The predicted molar refractivity (Wildman–Crippen MR) is 36.6 cm³/mol. The van der Waals surface area contributed by atoms with Gasteiger partial charge in [-0.1, -0.05) is 0 Å². The molecule has 0 spiro atoms. The van der Waals surface area contributed by atoms with E-state index in [0.717, 1.165) is 0 Å². The fraction of sp³-hybridized carbons (Fsp3) is 0.143. The Labute approximate surface area is 63.0 Å². The second-order valence-electron chi connectivity index (χ2n) is 1.81. The van der Waals surface area contributed by atoms with Gasteiger partial charge in [0.1, 0.15) is 0 Å². The van der Waals surface area contributed by atoms with Crippen molar-refractivity contribution in [1.82, 2.24) is 0 Å². The molecule has 0 saturated heterocycles. The minimum absolute atomic E-state index is 1.41. The van der Waals surface area contributed by atoms with Crippen molar-refractivity contribution in [2.45, 2.75) is 6.92 Å². The van der Waals surface area contributed by atoms with Crippen LogP contribution < -0.4 is 3.58 Å². The van der Waals surface area contributed by atoms with E-state index in [9.17, 15) is 0 Å². The summed E-state index contributed by atoms with van der Waals surface area (Å²) in [5.74, 6) is 0. The van der Waals surface area contributed by atoms with E-state index < -0.39 is 0 Å². The molecule has 0 fully saturated rings. The van der Waals surface area contributed by atoms with Crippen LogP contribution in [0.5, 0.6) is 0 Å². The molecular formula is C7H7Sn. The topological polar surface area (TPSA) is 0 Å². The van der Waals surface area contributed by atoms with E-state index in [4.69, 9.17) is 0 Å². The zero-order chi connectivity index (χ0) is 5.98. The van der Waals surface area contributed by atoms with Crippen LogP contribution in [-0.4, -0.2) is 22.5 Å². The molecule has 3 radical (unpaired) electrons. The molecule has 1 aromatic rings. The Kier molecular flexibility index (Phi) is 1.95. The average Bonchev–Trinajstić information content (AvgIpc) is 1.77. The van der Waals surface area contributed by atoms with Crippen LogP contribution in [0.15, 0.2) is 24.3 Å². The summed E-state index contributed by atoms with van der Waals surface area (Å²) in [6.07, 6.45) is 0. The standard InChI is InChI=1S/C7H7.Sn/c1-7-5-3-2-4-6-7;/h2-5H,1H3;. The van der Waals surface area contributed by atoms with E-state index in [1.54, 1.807) is 0 Å². The summed E-state index contributed by atoms with van der Waals surface area (Å²) in [4.78, 5) is 0. The molecule has 0 saturated carbocycles. The van der Waals surface area contributed by atoms with Crippen LogP contribution in [-0.2, 0) is 0 Å². The first-order chi connectivity index (χ1) is 3.80. The van der Waals surface area contributed by atoms with Gasteiger partial charge in [0.15, 0.2) is 0 Å². The van der Waals surface area contributed by atoms with Crippen molar-refractivity contribution in [3.8, 4) is 0 Å². The van der Waals surface area contributed by atoms with Crippen LogP contribution in [0.3, 0.4) is 0 Å². The van der Waals surface area contributed by atoms with E-state index in [1.807, 2.05) is 0 Å². The van der Waals surface area contributed by atoms with Gasteiger partial charge in [-0.2, -0.15) is 0 Å². The molecular weight excluding hydrogens is 203 g/mol. The molecule has 0 aliphatic carbocycles. The molecule has 39 valence electrons. The zero-order valence-electron chi connectivity index (χ0n) is 4.81.